The van der Waals surface area contributed by atoms with Crippen LogP contribution in [0, 0.1) is 0 Å². The van der Waals surface area contributed by atoms with Gasteiger partial charge in [0, 0.05) is 13.1 Å². The molecule has 98 valence electrons. The number of amides is 1. The van der Waals surface area contributed by atoms with Crippen molar-refractivity contribution in [3.8, 4) is 0 Å². The zero-order chi connectivity index (χ0) is 13.3. The average molecular weight is 270 g/mol. The monoisotopic (exact) mass is 269 g/mol. The summed E-state index contributed by atoms with van der Waals surface area (Å²) in [6, 6.07) is 1.56. The molecule has 5 nitrogen and oxygen atoms in total. The van der Waals surface area contributed by atoms with Crippen LogP contribution >= 0.6 is 11.6 Å². The van der Waals surface area contributed by atoms with E-state index < -0.39 is 0 Å². The van der Waals surface area contributed by atoms with Crippen LogP contribution in [0.2, 0.25) is 5.15 Å². The summed E-state index contributed by atoms with van der Waals surface area (Å²) >= 11 is 5.94. The molecule has 18 heavy (non-hydrogen) atoms. The van der Waals surface area contributed by atoms with Crippen molar-refractivity contribution in [3.05, 3.63) is 23.0 Å². The van der Waals surface area contributed by atoms with Gasteiger partial charge < -0.3 is 15.4 Å². The van der Waals surface area contributed by atoms with Crippen molar-refractivity contribution in [3.63, 3.8) is 0 Å². The lowest BCUT2D eigenvalue weighted by molar-refractivity contribution is -0.0764. The SMILES string of the molecule is CC1(C)CN(C(=O)c2cc(N)cnc2Cl)CCO1. The lowest BCUT2D eigenvalue weighted by atomic mass is 10.1. The number of morpholine rings is 1. The molecule has 2 N–H and O–H groups in total. The number of carbonyl (C=O) groups is 1. The number of pyridine rings is 1. The topological polar surface area (TPSA) is 68.5 Å². The molecular formula is C12H16ClN3O2. The smallest absolute Gasteiger partial charge is 0.257 e. The molecule has 0 aliphatic carbocycles. The maximum absolute atomic E-state index is 12.4. The molecule has 1 aliphatic rings. The maximum Gasteiger partial charge on any atom is 0.257 e. The van der Waals surface area contributed by atoms with Crippen molar-refractivity contribution in [1.82, 2.24) is 9.88 Å². The summed E-state index contributed by atoms with van der Waals surface area (Å²) in [6.07, 6.45) is 1.43. The van der Waals surface area contributed by atoms with E-state index >= 15 is 0 Å². The Morgan fingerprint density at radius 1 is 1.61 bits per heavy atom. The van der Waals surface area contributed by atoms with Gasteiger partial charge in [0.25, 0.3) is 5.91 Å². The predicted octanol–water partition coefficient (Wildman–Crippen LogP) is 1.57. The van der Waals surface area contributed by atoms with Gasteiger partial charge in [-0.3, -0.25) is 4.79 Å². The largest absolute Gasteiger partial charge is 0.397 e. The Morgan fingerprint density at radius 3 is 3.00 bits per heavy atom. The van der Waals surface area contributed by atoms with Crippen LogP contribution in [0.25, 0.3) is 0 Å². The fourth-order valence-electron chi connectivity index (χ4n) is 1.97. The second kappa shape index (κ2) is 4.74. The van der Waals surface area contributed by atoms with Gasteiger partial charge in [0.05, 0.1) is 29.7 Å². The molecule has 0 aromatic carbocycles. The fraction of sp³-hybridized carbons (Fsp3) is 0.500. The van der Waals surface area contributed by atoms with Crippen molar-refractivity contribution in [2.24, 2.45) is 0 Å². The van der Waals surface area contributed by atoms with Crippen LogP contribution in [-0.4, -0.2) is 41.1 Å². The summed E-state index contributed by atoms with van der Waals surface area (Å²) in [5.41, 5.74) is 6.06. The number of nitrogens with two attached hydrogens (primary N) is 1. The van der Waals surface area contributed by atoms with Crippen molar-refractivity contribution in [1.29, 1.82) is 0 Å². The van der Waals surface area contributed by atoms with Crippen molar-refractivity contribution in [2.45, 2.75) is 19.4 Å². The van der Waals surface area contributed by atoms with Crippen LogP contribution in [0.3, 0.4) is 0 Å². The van der Waals surface area contributed by atoms with Crippen LogP contribution in [0.5, 0.6) is 0 Å². The van der Waals surface area contributed by atoms with Crippen LogP contribution in [-0.2, 0) is 4.74 Å². The summed E-state index contributed by atoms with van der Waals surface area (Å²) < 4.78 is 5.57. The molecule has 0 atom stereocenters. The first-order valence-corrected chi connectivity index (χ1v) is 6.11. The summed E-state index contributed by atoms with van der Waals surface area (Å²) in [5, 5.41) is 0.179. The third kappa shape index (κ3) is 2.73. The van der Waals surface area contributed by atoms with E-state index in [1.54, 1.807) is 11.0 Å². The van der Waals surface area contributed by atoms with Crippen molar-refractivity contribution >= 4 is 23.2 Å². The van der Waals surface area contributed by atoms with Gasteiger partial charge in [-0.25, -0.2) is 4.98 Å². The summed E-state index contributed by atoms with van der Waals surface area (Å²) in [4.78, 5) is 18.0. The molecular weight excluding hydrogens is 254 g/mol. The van der Waals surface area contributed by atoms with E-state index in [-0.39, 0.29) is 16.7 Å². The quantitative estimate of drug-likeness (QED) is 0.786. The molecule has 1 aromatic heterocycles. The Bertz CT molecular complexity index is 476. The van der Waals surface area contributed by atoms with Gasteiger partial charge in [-0.15, -0.1) is 0 Å². The lowest BCUT2D eigenvalue weighted by Gasteiger charge is -2.38. The van der Waals surface area contributed by atoms with Crippen LogP contribution in [0.15, 0.2) is 12.3 Å². The summed E-state index contributed by atoms with van der Waals surface area (Å²) in [5.74, 6) is -0.156. The first kappa shape index (κ1) is 13.1. The highest BCUT2D eigenvalue weighted by Crippen LogP contribution is 2.22. The molecule has 0 radical (unpaired) electrons. The van der Waals surface area contributed by atoms with Crippen molar-refractivity contribution in [2.75, 3.05) is 25.4 Å². The number of hydrogen-bond donors (Lipinski definition) is 1. The number of nitrogen functional groups attached to an aromatic ring is 1. The average Bonchev–Trinajstić information content (AvgIpc) is 2.30. The van der Waals surface area contributed by atoms with Gasteiger partial charge in [0.1, 0.15) is 5.15 Å². The minimum Gasteiger partial charge on any atom is -0.397 e. The number of carbonyl (C=O) groups excluding carboxylic acids is 1. The van der Waals surface area contributed by atoms with Gasteiger partial charge in [-0.2, -0.15) is 0 Å². The first-order chi connectivity index (χ1) is 8.39. The molecule has 1 aliphatic heterocycles. The van der Waals surface area contributed by atoms with E-state index in [9.17, 15) is 4.79 Å². The molecule has 1 fully saturated rings. The number of rotatable bonds is 1. The Morgan fingerprint density at radius 2 is 2.33 bits per heavy atom. The van der Waals surface area contributed by atoms with Gasteiger partial charge >= 0.3 is 0 Å². The molecule has 0 spiro atoms. The maximum atomic E-state index is 12.4. The molecule has 1 amide bonds. The molecule has 0 unspecified atom stereocenters. The molecule has 0 saturated carbocycles. The van der Waals surface area contributed by atoms with Crippen LogP contribution in [0.1, 0.15) is 24.2 Å². The van der Waals surface area contributed by atoms with E-state index in [2.05, 4.69) is 4.98 Å². The summed E-state index contributed by atoms with van der Waals surface area (Å²) in [7, 11) is 0. The van der Waals surface area contributed by atoms with E-state index in [4.69, 9.17) is 22.1 Å². The Labute approximate surface area is 111 Å². The van der Waals surface area contributed by atoms with E-state index in [0.717, 1.165) is 0 Å². The van der Waals surface area contributed by atoms with Crippen molar-refractivity contribution < 1.29 is 9.53 Å². The minimum absolute atomic E-state index is 0.156. The molecule has 2 heterocycles. The van der Waals surface area contributed by atoms with E-state index in [1.165, 1.54) is 6.20 Å². The number of nitrogens with zero attached hydrogens (tertiary/aromatic N) is 2. The Balaban J connectivity index is 2.23. The van der Waals surface area contributed by atoms with E-state index in [1.807, 2.05) is 13.8 Å². The van der Waals surface area contributed by atoms with E-state index in [0.29, 0.717) is 30.9 Å². The third-order valence-corrected chi connectivity index (χ3v) is 3.10. The predicted molar refractivity (Wildman–Crippen MR) is 69.6 cm³/mol. The normalized spacial score (nSPS) is 18.7. The minimum atomic E-state index is -0.339. The number of aromatic nitrogens is 1. The van der Waals surface area contributed by atoms with Gasteiger partial charge in [0.15, 0.2) is 0 Å². The Hall–Kier alpha value is -1.33. The lowest BCUT2D eigenvalue weighted by Crippen LogP contribution is -2.50. The highest BCUT2D eigenvalue weighted by Gasteiger charge is 2.31. The molecule has 2 rings (SSSR count). The van der Waals surface area contributed by atoms with Gasteiger partial charge in [0.2, 0.25) is 0 Å². The zero-order valence-electron chi connectivity index (χ0n) is 10.4. The van der Waals surface area contributed by atoms with Crippen LogP contribution < -0.4 is 5.73 Å². The first-order valence-electron chi connectivity index (χ1n) is 5.73. The number of anilines is 1. The second-order valence-corrected chi connectivity index (χ2v) is 5.30. The fourth-order valence-corrected chi connectivity index (χ4v) is 2.16. The number of hydrogen-bond acceptors (Lipinski definition) is 4. The number of halogens is 1. The Kier molecular flexibility index (Phi) is 3.45. The molecule has 1 saturated heterocycles. The molecule has 1 aromatic rings. The second-order valence-electron chi connectivity index (χ2n) is 4.94. The van der Waals surface area contributed by atoms with Gasteiger partial charge in [-0.05, 0) is 19.9 Å². The van der Waals surface area contributed by atoms with Crippen LogP contribution in [0.4, 0.5) is 5.69 Å². The number of ether oxygens (including phenoxy) is 1. The summed E-state index contributed by atoms with van der Waals surface area (Å²) in [6.45, 7) is 5.49. The molecule has 0 bridgehead atoms. The highest BCUT2D eigenvalue weighted by molar-refractivity contribution is 6.32. The van der Waals surface area contributed by atoms with Gasteiger partial charge in [-0.1, -0.05) is 11.6 Å². The third-order valence-electron chi connectivity index (χ3n) is 2.80. The zero-order valence-corrected chi connectivity index (χ0v) is 11.2. The standard InChI is InChI=1S/C12H16ClN3O2/c1-12(2)7-16(3-4-18-12)11(17)9-5-8(14)6-15-10(9)13/h5-6H,3-4,7,14H2,1-2H3. The molecule has 6 heteroatoms. The highest BCUT2D eigenvalue weighted by atomic mass is 35.5.